The van der Waals surface area contributed by atoms with Crippen molar-refractivity contribution in [2.75, 3.05) is 13.2 Å². The van der Waals surface area contributed by atoms with Crippen LogP contribution in [0.25, 0.3) is 21.9 Å². The maximum absolute atomic E-state index is 11.8. The highest BCUT2D eigenvalue weighted by atomic mass is 16.5. The standard InChI is InChI=1S/C37H48O3/c1-5-7-8-9-27-10-12-31(13-11-27)32-14-16-33(17-15-32)34-18-19-35-22-28(21-30(6-2)36(35)23-34)20-29(24-38)25-40-37(39)26(3)4/h14-19,21-23,27,29,31,38H,3,5-13,20,24-25H2,1-2,4H3. The highest BCUT2D eigenvalue weighted by Crippen LogP contribution is 2.38. The molecule has 0 aliphatic heterocycles. The Morgan fingerprint density at radius 1 is 0.975 bits per heavy atom. The number of hydrogen-bond donors (Lipinski definition) is 1. The Morgan fingerprint density at radius 2 is 1.70 bits per heavy atom. The Morgan fingerprint density at radius 3 is 2.35 bits per heavy atom. The summed E-state index contributed by atoms with van der Waals surface area (Å²) in [5.41, 5.74) is 6.86. The Hall–Kier alpha value is -2.91. The van der Waals surface area contributed by atoms with Gasteiger partial charge in [-0.1, -0.05) is 94.6 Å². The van der Waals surface area contributed by atoms with Crippen LogP contribution in [-0.2, 0) is 22.4 Å². The summed E-state index contributed by atoms with van der Waals surface area (Å²) in [5.74, 6) is 1.11. The lowest BCUT2D eigenvalue weighted by Gasteiger charge is -2.29. The number of esters is 1. The van der Waals surface area contributed by atoms with Crippen LogP contribution in [0.15, 0.2) is 66.7 Å². The number of ether oxygens (including phenoxy) is 1. The molecule has 1 aliphatic carbocycles. The van der Waals surface area contributed by atoms with Gasteiger partial charge in [0.05, 0.1) is 6.61 Å². The molecule has 1 saturated carbocycles. The molecule has 0 amide bonds. The van der Waals surface area contributed by atoms with Crippen LogP contribution < -0.4 is 0 Å². The van der Waals surface area contributed by atoms with Crippen LogP contribution in [0.5, 0.6) is 0 Å². The number of carbonyl (C=O) groups is 1. The Labute approximate surface area is 241 Å². The fourth-order valence-corrected chi connectivity index (χ4v) is 6.33. The normalized spacial score (nSPS) is 18.0. The molecule has 3 aromatic carbocycles. The van der Waals surface area contributed by atoms with Crippen LogP contribution in [0.2, 0.25) is 0 Å². The van der Waals surface area contributed by atoms with Gasteiger partial charge in [0.2, 0.25) is 0 Å². The van der Waals surface area contributed by atoms with E-state index in [1.54, 1.807) is 6.92 Å². The zero-order chi connectivity index (χ0) is 28.5. The van der Waals surface area contributed by atoms with Gasteiger partial charge in [-0.25, -0.2) is 4.79 Å². The second kappa shape index (κ2) is 14.6. The maximum atomic E-state index is 11.8. The first-order chi connectivity index (χ1) is 19.4. The summed E-state index contributed by atoms with van der Waals surface area (Å²) < 4.78 is 5.31. The summed E-state index contributed by atoms with van der Waals surface area (Å²) in [6.07, 6.45) is 12.6. The zero-order valence-corrected chi connectivity index (χ0v) is 24.9. The molecular formula is C37H48O3. The monoisotopic (exact) mass is 540 g/mol. The molecule has 1 atom stereocenters. The lowest BCUT2D eigenvalue weighted by Crippen LogP contribution is -2.19. The highest BCUT2D eigenvalue weighted by molar-refractivity contribution is 5.90. The molecule has 1 fully saturated rings. The van der Waals surface area contributed by atoms with Gasteiger partial charge in [0.1, 0.15) is 0 Å². The molecule has 0 radical (unpaired) electrons. The SMILES string of the molecule is C=C(C)C(=O)OCC(CO)Cc1cc(CC)c2cc(-c3ccc(C4CCC(CCCCC)CC4)cc3)ccc2c1. The molecule has 0 aromatic heterocycles. The predicted molar refractivity (Wildman–Crippen MR) is 168 cm³/mol. The third-order valence-corrected chi connectivity index (χ3v) is 8.84. The van der Waals surface area contributed by atoms with Crippen LogP contribution in [-0.4, -0.2) is 24.3 Å². The molecule has 3 aromatic rings. The summed E-state index contributed by atoms with van der Waals surface area (Å²) in [7, 11) is 0. The van der Waals surface area contributed by atoms with E-state index in [0.717, 1.165) is 17.9 Å². The van der Waals surface area contributed by atoms with Gasteiger partial charge < -0.3 is 9.84 Å². The lowest BCUT2D eigenvalue weighted by molar-refractivity contribution is -0.140. The van der Waals surface area contributed by atoms with Crippen LogP contribution >= 0.6 is 0 Å². The number of benzene rings is 3. The summed E-state index contributed by atoms with van der Waals surface area (Å²) >= 11 is 0. The van der Waals surface area contributed by atoms with Gasteiger partial charge in [-0.2, -0.15) is 0 Å². The molecule has 0 spiro atoms. The molecule has 3 nitrogen and oxygen atoms in total. The number of fused-ring (bicyclic) bond motifs is 1. The van der Waals surface area contributed by atoms with Crippen LogP contribution in [0.3, 0.4) is 0 Å². The quantitative estimate of drug-likeness (QED) is 0.134. The lowest BCUT2D eigenvalue weighted by atomic mass is 9.77. The van der Waals surface area contributed by atoms with Crippen molar-refractivity contribution in [3.8, 4) is 11.1 Å². The van der Waals surface area contributed by atoms with E-state index in [4.69, 9.17) is 4.74 Å². The van der Waals surface area contributed by atoms with Crippen molar-refractivity contribution in [3.63, 3.8) is 0 Å². The highest BCUT2D eigenvalue weighted by Gasteiger charge is 2.22. The van der Waals surface area contributed by atoms with Crippen molar-refractivity contribution in [2.24, 2.45) is 11.8 Å². The fraction of sp³-hybridized carbons (Fsp3) is 0.486. The summed E-state index contributed by atoms with van der Waals surface area (Å²) in [6.45, 7) is 9.91. The van der Waals surface area contributed by atoms with Crippen molar-refractivity contribution in [1.29, 1.82) is 0 Å². The zero-order valence-electron chi connectivity index (χ0n) is 24.9. The second-order valence-electron chi connectivity index (χ2n) is 12.0. The van der Waals surface area contributed by atoms with Gasteiger partial charge in [-0.05, 0) is 102 Å². The third kappa shape index (κ3) is 7.85. The number of aliphatic hydroxyl groups is 1. The van der Waals surface area contributed by atoms with E-state index in [-0.39, 0.29) is 19.1 Å². The molecule has 214 valence electrons. The number of carbonyl (C=O) groups excluding carboxylic acids is 1. The molecule has 0 saturated heterocycles. The minimum atomic E-state index is -0.406. The molecule has 0 heterocycles. The van der Waals surface area contributed by atoms with E-state index in [2.05, 4.69) is 75.0 Å². The number of hydrogen-bond acceptors (Lipinski definition) is 3. The molecule has 1 aliphatic rings. The van der Waals surface area contributed by atoms with Crippen molar-refractivity contribution < 1.29 is 14.6 Å². The molecule has 1 N–H and O–H groups in total. The Bertz CT molecular complexity index is 1260. The molecule has 3 heteroatoms. The first-order valence-corrected chi connectivity index (χ1v) is 15.5. The molecular weight excluding hydrogens is 492 g/mol. The fourth-order valence-electron chi connectivity index (χ4n) is 6.33. The summed E-state index contributed by atoms with van der Waals surface area (Å²) in [6, 6.07) is 20.6. The van der Waals surface area contributed by atoms with Crippen LogP contribution in [0.4, 0.5) is 0 Å². The van der Waals surface area contributed by atoms with Crippen LogP contribution in [0.1, 0.15) is 94.7 Å². The Balaban J connectivity index is 1.44. The summed E-state index contributed by atoms with van der Waals surface area (Å²) in [5, 5.41) is 12.4. The van der Waals surface area contributed by atoms with Crippen LogP contribution in [0, 0.1) is 11.8 Å². The minimum absolute atomic E-state index is 0.0295. The third-order valence-electron chi connectivity index (χ3n) is 8.84. The van der Waals surface area contributed by atoms with Gasteiger partial charge >= 0.3 is 5.97 Å². The molecule has 4 rings (SSSR count). The minimum Gasteiger partial charge on any atom is -0.462 e. The largest absolute Gasteiger partial charge is 0.462 e. The van der Waals surface area contributed by atoms with Crippen molar-refractivity contribution in [2.45, 2.75) is 90.9 Å². The average Bonchev–Trinajstić information content (AvgIpc) is 2.99. The Kier molecular flexibility index (Phi) is 11.0. The van der Waals surface area contributed by atoms with E-state index in [9.17, 15) is 9.90 Å². The van der Waals surface area contributed by atoms with E-state index < -0.39 is 5.97 Å². The second-order valence-corrected chi connectivity index (χ2v) is 12.0. The van der Waals surface area contributed by atoms with Crippen molar-refractivity contribution in [1.82, 2.24) is 0 Å². The first-order valence-electron chi connectivity index (χ1n) is 15.5. The predicted octanol–water partition coefficient (Wildman–Crippen LogP) is 9.19. The maximum Gasteiger partial charge on any atom is 0.333 e. The van der Waals surface area contributed by atoms with E-state index in [0.29, 0.717) is 17.9 Å². The first kappa shape index (κ1) is 30.1. The average molecular weight is 541 g/mol. The van der Waals surface area contributed by atoms with Gasteiger partial charge in [0, 0.05) is 18.1 Å². The van der Waals surface area contributed by atoms with Crippen molar-refractivity contribution >= 4 is 16.7 Å². The number of aryl methyl sites for hydroxylation is 1. The van der Waals surface area contributed by atoms with Gasteiger partial charge in [-0.3, -0.25) is 0 Å². The number of rotatable bonds is 13. The van der Waals surface area contributed by atoms with Crippen molar-refractivity contribution in [3.05, 3.63) is 83.4 Å². The van der Waals surface area contributed by atoms with E-state index in [1.165, 1.54) is 84.4 Å². The summed E-state index contributed by atoms with van der Waals surface area (Å²) in [4.78, 5) is 11.8. The van der Waals surface area contributed by atoms with E-state index >= 15 is 0 Å². The molecule has 0 bridgehead atoms. The van der Waals surface area contributed by atoms with Gasteiger partial charge in [0.25, 0.3) is 0 Å². The number of unbranched alkanes of at least 4 members (excludes halogenated alkanes) is 2. The molecule has 1 unspecified atom stereocenters. The molecule has 40 heavy (non-hydrogen) atoms. The number of aliphatic hydroxyl groups excluding tert-OH is 1. The van der Waals surface area contributed by atoms with Gasteiger partial charge in [0.15, 0.2) is 0 Å². The topological polar surface area (TPSA) is 46.5 Å². The smallest absolute Gasteiger partial charge is 0.333 e. The van der Waals surface area contributed by atoms with Gasteiger partial charge in [-0.15, -0.1) is 0 Å². The van der Waals surface area contributed by atoms with E-state index in [1.807, 2.05) is 0 Å².